The van der Waals surface area contributed by atoms with Crippen LogP contribution in [-0.4, -0.2) is 55.7 Å². The van der Waals surface area contributed by atoms with Crippen LogP contribution in [0, 0.1) is 5.92 Å². The van der Waals surface area contributed by atoms with Gasteiger partial charge in [0.05, 0.1) is 17.6 Å². The Morgan fingerprint density at radius 2 is 1.61 bits per heavy atom. The number of carbonyl (C=O) groups excluding carboxylic acids is 1. The van der Waals surface area contributed by atoms with E-state index in [0.717, 1.165) is 49.6 Å². The minimum Gasteiger partial charge on any atom is -0.388 e. The number of halogens is 3. The van der Waals surface area contributed by atoms with E-state index in [1.165, 1.54) is 17.0 Å². The van der Waals surface area contributed by atoms with E-state index in [9.17, 15) is 23.1 Å². The predicted octanol–water partition coefficient (Wildman–Crippen LogP) is 3.54. The smallest absolute Gasteiger partial charge is 0.388 e. The third kappa shape index (κ3) is 4.41. The molecule has 5 nitrogen and oxygen atoms in total. The number of rotatable bonds is 4. The van der Waals surface area contributed by atoms with E-state index in [1.807, 2.05) is 24.3 Å². The van der Waals surface area contributed by atoms with Gasteiger partial charge in [0.15, 0.2) is 0 Å². The molecule has 0 aliphatic carbocycles. The first-order valence-corrected chi connectivity index (χ1v) is 10.4. The van der Waals surface area contributed by atoms with Gasteiger partial charge in [-0.2, -0.15) is 13.2 Å². The summed E-state index contributed by atoms with van der Waals surface area (Å²) in [5, 5.41) is 11.1. The topological polar surface area (TPSA) is 47.0 Å². The van der Waals surface area contributed by atoms with Gasteiger partial charge in [0.2, 0.25) is 5.91 Å². The summed E-state index contributed by atoms with van der Waals surface area (Å²) in [7, 11) is 2.07. The molecule has 1 amide bonds. The SMILES string of the molecule is CN1CCN(c2ccccc2[C@H](O)C2CCN(c3ccc(C(F)(F)F)cc3)C2=O)CC1. The molecular weight excluding hydrogens is 407 g/mol. The lowest BCUT2D eigenvalue weighted by Crippen LogP contribution is -2.45. The zero-order valence-corrected chi connectivity index (χ0v) is 17.3. The van der Waals surface area contributed by atoms with Crippen molar-refractivity contribution in [2.24, 2.45) is 5.92 Å². The zero-order chi connectivity index (χ0) is 22.2. The molecule has 2 aromatic rings. The van der Waals surface area contributed by atoms with Gasteiger partial charge in [0, 0.05) is 49.7 Å². The summed E-state index contributed by atoms with van der Waals surface area (Å²) in [5.41, 5.74) is 1.32. The predicted molar refractivity (Wildman–Crippen MR) is 113 cm³/mol. The number of aliphatic hydroxyl groups is 1. The highest BCUT2D eigenvalue weighted by Crippen LogP contribution is 2.38. The normalized spacial score (nSPS) is 21.6. The number of benzene rings is 2. The van der Waals surface area contributed by atoms with Gasteiger partial charge >= 0.3 is 6.18 Å². The summed E-state index contributed by atoms with van der Waals surface area (Å²) >= 11 is 0. The van der Waals surface area contributed by atoms with Crippen molar-refractivity contribution in [3.05, 3.63) is 59.7 Å². The molecule has 2 atom stereocenters. The van der Waals surface area contributed by atoms with Crippen LogP contribution in [0.1, 0.15) is 23.7 Å². The maximum atomic E-state index is 13.1. The Labute approximate surface area is 179 Å². The first kappa shape index (κ1) is 21.6. The van der Waals surface area contributed by atoms with Crippen LogP contribution in [0.4, 0.5) is 24.5 Å². The highest BCUT2D eigenvalue weighted by molar-refractivity contribution is 5.97. The Hall–Kier alpha value is -2.58. The highest BCUT2D eigenvalue weighted by Gasteiger charge is 2.39. The molecule has 2 saturated heterocycles. The van der Waals surface area contributed by atoms with E-state index in [0.29, 0.717) is 18.7 Å². The number of aliphatic hydroxyl groups excluding tert-OH is 1. The van der Waals surface area contributed by atoms with Crippen molar-refractivity contribution >= 4 is 17.3 Å². The number of anilines is 2. The van der Waals surface area contributed by atoms with E-state index < -0.39 is 23.8 Å². The van der Waals surface area contributed by atoms with Gasteiger partial charge in [-0.05, 0) is 43.8 Å². The molecule has 1 N–H and O–H groups in total. The van der Waals surface area contributed by atoms with Gasteiger partial charge in [-0.25, -0.2) is 0 Å². The van der Waals surface area contributed by atoms with Crippen LogP contribution in [0.25, 0.3) is 0 Å². The van der Waals surface area contributed by atoms with Crippen molar-refractivity contribution in [3.63, 3.8) is 0 Å². The van der Waals surface area contributed by atoms with Crippen molar-refractivity contribution < 1.29 is 23.1 Å². The molecule has 2 aliphatic heterocycles. The van der Waals surface area contributed by atoms with Crippen molar-refractivity contribution in [1.82, 2.24) is 4.90 Å². The van der Waals surface area contributed by atoms with Gasteiger partial charge in [0.1, 0.15) is 0 Å². The summed E-state index contributed by atoms with van der Waals surface area (Å²) in [5.74, 6) is -0.892. The largest absolute Gasteiger partial charge is 0.416 e. The van der Waals surface area contributed by atoms with E-state index in [-0.39, 0.29) is 5.91 Å². The van der Waals surface area contributed by atoms with Crippen molar-refractivity contribution in [3.8, 4) is 0 Å². The fraction of sp³-hybridized carbons (Fsp3) is 0.435. The van der Waals surface area contributed by atoms with Crippen LogP contribution in [0.3, 0.4) is 0 Å². The standard InChI is InChI=1S/C23H26F3N3O2/c1-27-12-14-28(15-13-27)20-5-3-2-4-18(20)21(30)19-10-11-29(22(19)31)17-8-6-16(7-9-17)23(24,25)26/h2-9,19,21,30H,10-15H2,1H3/t19?,21-/m0/s1. The average Bonchev–Trinajstić information content (AvgIpc) is 3.14. The molecular formula is C23H26F3N3O2. The van der Waals surface area contributed by atoms with Gasteiger partial charge in [-0.15, -0.1) is 0 Å². The minimum atomic E-state index is -4.42. The molecule has 8 heteroatoms. The maximum absolute atomic E-state index is 13.1. The van der Waals surface area contributed by atoms with E-state index in [2.05, 4.69) is 16.8 Å². The number of alkyl halides is 3. The summed E-state index contributed by atoms with van der Waals surface area (Å²) < 4.78 is 38.5. The lowest BCUT2D eigenvalue weighted by molar-refractivity contribution is -0.137. The van der Waals surface area contributed by atoms with Crippen LogP contribution in [0.15, 0.2) is 48.5 Å². The molecule has 1 unspecified atom stereocenters. The summed E-state index contributed by atoms with van der Waals surface area (Å²) in [6.07, 6.45) is -4.94. The summed E-state index contributed by atoms with van der Waals surface area (Å²) in [6, 6.07) is 12.2. The third-order valence-corrected chi connectivity index (χ3v) is 6.23. The van der Waals surface area contributed by atoms with Crippen molar-refractivity contribution in [1.29, 1.82) is 0 Å². The second-order valence-corrected chi connectivity index (χ2v) is 8.22. The van der Waals surface area contributed by atoms with Crippen LogP contribution in [0.5, 0.6) is 0 Å². The average molecular weight is 433 g/mol. The quantitative estimate of drug-likeness (QED) is 0.801. The number of hydrogen-bond acceptors (Lipinski definition) is 4. The summed E-state index contributed by atoms with van der Waals surface area (Å²) in [6.45, 7) is 3.90. The van der Waals surface area contributed by atoms with Crippen LogP contribution in [0.2, 0.25) is 0 Å². The number of amides is 1. The molecule has 4 rings (SSSR count). The van der Waals surface area contributed by atoms with Gasteiger partial charge in [0.25, 0.3) is 0 Å². The number of para-hydroxylation sites is 1. The lowest BCUT2D eigenvalue weighted by atomic mass is 9.92. The number of piperazine rings is 1. The number of hydrogen-bond donors (Lipinski definition) is 1. The molecule has 0 spiro atoms. The maximum Gasteiger partial charge on any atom is 0.416 e. The second-order valence-electron chi connectivity index (χ2n) is 8.22. The number of nitrogens with zero attached hydrogens (tertiary/aromatic N) is 3. The molecule has 31 heavy (non-hydrogen) atoms. The van der Waals surface area contributed by atoms with Gasteiger partial charge in [-0.3, -0.25) is 4.79 Å². The Kier molecular flexibility index (Phi) is 5.94. The van der Waals surface area contributed by atoms with Crippen molar-refractivity contribution in [2.75, 3.05) is 49.6 Å². The fourth-order valence-electron chi connectivity index (χ4n) is 4.37. The first-order chi connectivity index (χ1) is 14.8. The van der Waals surface area contributed by atoms with E-state index in [4.69, 9.17) is 0 Å². The zero-order valence-electron chi connectivity index (χ0n) is 17.3. The number of carbonyl (C=O) groups is 1. The minimum absolute atomic E-state index is 0.263. The van der Waals surface area contributed by atoms with Crippen LogP contribution in [-0.2, 0) is 11.0 Å². The van der Waals surface area contributed by atoms with Gasteiger partial charge in [-0.1, -0.05) is 18.2 Å². The monoisotopic (exact) mass is 433 g/mol. The summed E-state index contributed by atoms with van der Waals surface area (Å²) in [4.78, 5) is 19.0. The first-order valence-electron chi connectivity index (χ1n) is 10.4. The Balaban J connectivity index is 1.52. The molecule has 0 bridgehead atoms. The molecule has 2 heterocycles. The van der Waals surface area contributed by atoms with E-state index in [1.54, 1.807) is 0 Å². The molecule has 0 saturated carbocycles. The van der Waals surface area contributed by atoms with Gasteiger partial charge < -0.3 is 19.8 Å². The third-order valence-electron chi connectivity index (χ3n) is 6.23. The second kappa shape index (κ2) is 8.51. The van der Waals surface area contributed by atoms with Crippen LogP contribution < -0.4 is 9.80 Å². The molecule has 2 aromatic carbocycles. The molecule has 0 radical (unpaired) electrons. The molecule has 2 fully saturated rings. The number of likely N-dealkylation sites (N-methyl/N-ethyl adjacent to an activating group) is 1. The van der Waals surface area contributed by atoms with E-state index >= 15 is 0 Å². The molecule has 2 aliphatic rings. The lowest BCUT2D eigenvalue weighted by Gasteiger charge is -2.36. The fourth-order valence-corrected chi connectivity index (χ4v) is 4.37. The Morgan fingerprint density at radius 3 is 2.26 bits per heavy atom. The molecule has 0 aromatic heterocycles. The Bertz CT molecular complexity index is 924. The highest BCUT2D eigenvalue weighted by atomic mass is 19.4. The van der Waals surface area contributed by atoms with Crippen LogP contribution >= 0.6 is 0 Å². The Morgan fingerprint density at radius 1 is 0.968 bits per heavy atom. The molecule has 166 valence electrons. The van der Waals surface area contributed by atoms with Crippen molar-refractivity contribution in [2.45, 2.75) is 18.7 Å².